The summed E-state index contributed by atoms with van der Waals surface area (Å²) in [7, 11) is 0. The molecule has 2 aromatic rings. The molecule has 0 unspecified atom stereocenters. The van der Waals surface area contributed by atoms with Crippen molar-refractivity contribution in [2.24, 2.45) is 0 Å². The summed E-state index contributed by atoms with van der Waals surface area (Å²) >= 11 is 0. The van der Waals surface area contributed by atoms with Crippen LogP contribution in [0.15, 0.2) is 42.5 Å². The van der Waals surface area contributed by atoms with Crippen molar-refractivity contribution in [3.8, 4) is 12.0 Å². The van der Waals surface area contributed by atoms with Gasteiger partial charge in [-0.2, -0.15) is 0 Å². The van der Waals surface area contributed by atoms with Crippen LogP contribution in [0.2, 0.25) is 0 Å². The van der Waals surface area contributed by atoms with Gasteiger partial charge in [0.2, 0.25) is 0 Å². The maximum Gasteiger partial charge on any atom is 0.123 e. The summed E-state index contributed by atoms with van der Waals surface area (Å²) in [5.41, 5.74) is 3.93. The van der Waals surface area contributed by atoms with Crippen molar-refractivity contribution < 1.29 is 4.39 Å². The highest BCUT2D eigenvalue weighted by Crippen LogP contribution is 2.30. The molecule has 0 fully saturated rings. The fraction of sp³-hybridized carbons (Fsp3) is 0.176. The molecule has 2 heteroatoms. The first-order valence-corrected chi connectivity index (χ1v) is 6.18. The summed E-state index contributed by atoms with van der Waals surface area (Å²) in [6, 6.07) is 15.9. The average molecular weight is 253 g/mol. The van der Waals surface area contributed by atoms with Gasteiger partial charge in [-0.15, -0.1) is 0 Å². The molecule has 0 atom stereocenters. The van der Waals surface area contributed by atoms with Crippen LogP contribution in [-0.4, -0.2) is 0 Å². The third-order valence-electron chi connectivity index (χ3n) is 2.98. The van der Waals surface area contributed by atoms with Gasteiger partial charge in [0.1, 0.15) is 5.82 Å². The van der Waals surface area contributed by atoms with Crippen molar-refractivity contribution in [1.29, 1.82) is 0 Å². The van der Waals surface area contributed by atoms with E-state index < -0.39 is 0 Å². The second kappa shape index (κ2) is 5.58. The Labute approximate surface area is 113 Å². The third-order valence-corrected chi connectivity index (χ3v) is 2.98. The maximum absolute atomic E-state index is 13.2. The molecule has 1 nitrogen and oxygen atoms in total. The zero-order valence-electron chi connectivity index (χ0n) is 11.4. The van der Waals surface area contributed by atoms with E-state index in [0.717, 1.165) is 22.5 Å². The predicted molar refractivity (Wildman–Crippen MR) is 77.9 cm³/mol. The van der Waals surface area contributed by atoms with Gasteiger partial charge in [0, 0.05) is 6.04 Å². The van der Waals surface area contributed by atoms with E-state index in [9.17, 15) is 4.39 Å². The van der Waals surface area contributed by atoms with Crippen LogP contribution in [0, 0.1) is 31.6 Å². The summed E-state index contributed by atoms with van der Waals surface area (Å²) < 4.78 is 13.2. The van der Waals surface area contributed by atoms with Crippen LogP contribution in [0.4, 0.5) is 15.8 Å². The lowest BCUT2D eigenvalue weighted by atomic mass is 10.1. The summed E-state index contributed by atoms with van der Waals surface area (Å²) in [6.45, 7) is 5.73. The molecule has 0 spiro atoms. The molecule has 0 aliphatic rings. The van der Waals surface area contributed by atoms with Crippen LogP contribution < -0.4 is 4.90 Å². The van der Waals surface area contributed by atoms with E-state index in [2.05, 4.69) is 12.0 Å². The smallest absolute Gasteiger partial charge is 0.123 e. The lowest BCUT2D eigenvalue weighted by Crippen LogP contribution is -2.12. The number of rotatable bonds is 2. The van der Waals surface area contributed by atoms with Crippen molar-refractivity contribution in [2.45, 2.75) is 20.8 Å². The van der Waals surface area contributed by atoms with Crippen molar-refractivity contribution >= 4 is 11.4 Å². The lowest BCUT2D eigenvalue weighted by Gasteiger charge is -2.21. The zero-order valence-corrected chi connectivity index (χ0v) is 11.4. The molecule has 0 bridgehead atoms. The van der Waals surface area contributed by atoms with Gasteiger partial charge < -0.3 is 0 Å². The van der Waals surface area contributed by atoms with E-state index in [0.29, 0.717) is 0 Å². The molecular weight excluding hydrogens is 237 g/mol. The van der Waals surface area contributed by atoms with E-state index in [1.165, 1.54) is 12.1 Å². The molecule has 19 heavy (non-hydrogen) atoms. The number of anilines is 2. The SMILES string of the molecule is CC#CN(c1ccccc1C)c1ccc(F)cc1C. The molecule has 0 heterocycles. The number of aryl methyl sites for hydroxylation is 2. The normalized spacial score (nSPS) is 9.68. The van der Waals surface area contributed by atoms with Gasteiger partial charge >= 0.3 is 0 Å². The Morgan fingerprint density at radius 1 is 0.947 bits per heavy atom. The standard InChI is InChI=1S/C17H16FN/c1-4-11-19(16-8-6-5-7-13(16)2)17-10-9-15(18)12-14(17)3/h5-10,12H,1-3H3. The van der Waals surface area contributed by atoms with Gasteiger partial charge in [0.05, 0.1) is 11.4 Å². The Morgan fingerprint density at radius 3 is 2.26 bits per heavy atom. The number of hydrogen-bond acceptors (Lipinski definition) is 1. The maximum atomic E-state index is 13.2. The van der Waals surface area contributed by atoms with E-state index >= 15 is 0 Å². The van der Waals surface area contributed by atoms with E-state index in [4.69, 9.17) is 0 Å². The second-order valence-corrected chi connectivity index (χ2v) is 4.41. The highest BCUT2D eigenvalue weighted by molar-refractivity contribution is 5.72. The van der Waals surface area contributed by atoms with Crippen molar-refractivity contribution in [2.75, 3.05) is 4.90 Å². The largest absolute Gasteiger partial charge is 0.269 e. The first kappa shape index (κ1) is 13.2. The number of para-hydroxylation sites is 1. The van der Waals surface area contributed by atoms with Gasteiger partial charge in [0.25, 0.3) is 0 Å². The summed E-state index contributed by atoms with van der Waals surface area (Å²) in [6.07, 6.45) is 0. The fourth-order valence-corrected chi connectivity index (χ4v) is 2.05. The van der Waals surface area contributed by atoms with E-state index in [-0.39, 0.29) is 5.82 Å². The van der Waals surface area contributed by atoms with Crippen LogP contribution in [0.5, 0.6) is 0 Å². The zero-order chi connectivity index (χ0) is 13.8. The van der Waals surface area contributed by atoms with Gasteiger partial charge in [-0.3, -0.25) is 4.90 Å². The third kappa shape index (κ3) is 2.77. The lowest BCUT2D eigenvalue weighted by molar-refractivity contribution is 0.626. The Balaban J connectivity index is 2.57. The van der Waals surface area contributed by atoms with Gasteiger partial charge in [-0.1, -0.05) is 24.1 Å². The molecule has 0 aliphatic heterocycles. The van der Waals surface area contributed by atoms with E-state index in [1.807, 2.05) is 43.0 Å². The minimum Gasteiger partial charge on any atom is -0.269 e. The molecular formula is C17H16FN. The molecule has 0 radical (unpaired) electrons. The molecule has 96 valence electrons. The van der Waals surface area contributed by atoms with Crippen LogP contribution >= 0.6 is 0 Å². The fourth-order valence-electron chi connectivity index (χ4n) is 2.05. The molecule has 0 saturated carbocycles. The van der Waals surface area contributed by atoms with Crippen LogP contribution in [-0.2, 0) is 0 Å². The van der Waals surface area contributed by atoms with Crippen LogP contribution in [0.25, 0.3) is 0 Å². The molecule has 0 aromatic heterocycles. The average Bonchev–Trinajstić information content (AvgIpc) is 2.38. The second-order valence-electron chi connectivity index (χ2n) is 4.41. The molecule has 2 rings (SSSR count). The summed E-state index contributed by atoms with van der Waals surface area (Å²) in [4.78, 5) is 1.91. The molecule has 0 aliphatic carbocycles. The number of halogens is 1. The minimum absolute atomic E-state index is 0.226. The quantitative estimate of drug-likeness (QED) is 0.560. The van der Waals surface area contributed by atoms with Crippen molar-refractivity contribution in [3.63, 3.8) is 0 Å². The Hall–Kier alpha value is -2.27. The van der Waals surface area contributed by atoms with Gasteiger partial charge in [-0.25, -0.2) is 4.39 Å². The predicted octanol–water partition coefficient (Wildman–Crippen LogP) is 4.56. The van der Waals surface area contributed by atoms with E-state index in [1.54, 1.807) is 13.0 Å². The minimum atomic E-state index is -0.226. The highest BCUT2D eigenvalue weighted by Gasteiger charge is 2.12. The Kier molecular flexibility index (Phi) is 3.87. The highest BCUT2D eigenvalue weighted by atomic mass is 19.1. The number of hydrogen-bond donors (Lipinski definition) is 0. The number of nitrogens with zero attached hydrogens (tertiary/aromatic N) is 1. The van der Waals surface area contributed by atoms with Crippen LogP contribution in [0.1, 0.15) is 18.1 Å². The molecule has 2 aromatic carbocycles. The molecule has 0 saturated heterocycles. The van der Waals surface area contributed by atoms with Crippen molar-refractivity contribution in [1.82, 2.24) is 0 Å². The summed E-state index contributed by atoms with van der Waals surface area (Å²) in [5, 5.41) is 0. The Bertz CT molecular complexity index is 650. The van der Waals surface area contributed by atoms with Crippen LogP contribution in [0.3, 0.4) is 0 Å². The summed E-state index contributed by atoms with van der Waals surface area (Å²) in [5.74, 6) is 2.69. The first-order valence-electron chi connectivity index (χ1n) is 6.18. The molecule has 0 amide bonds. The number of benzene rings is 2. The first-order chi connectivity index (χ1) is 9.13. The van der Waals surface area contributed by atoms with Crippen molar-refractivity contribution in [3.05, 3.63) is 59.4 Å². The monoisotopic (exact) mass is 253 g/mol. The van der Waals surface area contributed by atoms with Gasteiger partial charge in [-0.05, 0) is 56.2 Å². The Morgan fingerprint density at radius 2 is 1.63 bits per heavy atom. The molecule has 0 N–H and O–H groups in total. The van der Waals surface area contributed by atoms with Gasteiger partial charge in [0.15, 0.2) is 0 Å². The topological polar surface area (TPSA) is 3.24 Å².